The Labute approximate surface area is 125 Å². The molecule has 0 bridgehead atoms. The van der Waals surface area contributed by atoms with E-state index >= 15 is 0 Å². The average Bonchev–Trinajstić information content (AvgIpc) is 3.24. The Morgan fingerprint density at radius 3 is 2.82 bits per heavy atom. The molecule has 1 amide bonds. The molecule has 22 heavy (non-hydrogen) atoms. The van der Waals surface area contributed by atoms with Crippen molar-refractivity contribution in [1.29, 1.82) is 0 Å². The third kappa shape index (κ3) is 3.48. The standard InChI is InChI=1S/C14H13N5O3/c20-14(15-8-13-2-1-7-21-13)9-22-12-5-3-11(4-6-12)19-10-16-17-18-19/h1-7,10H,8-9H2,(H,15,20). The molecule has 112 valence electrons. The van der Waals surface area contributed by atoms with Gasteiger partial charge in [-0.25, -0.2) is 4.68 Å². The minimum Gasteiger partial charge on any atom is -0.484 e. The van der Waals surface area contributed by atoms with Crippen LogP contribution in [0, 0.1) is 0 Å². The van der Waals surface area contributed by atoms with Crippen molar-refractivity contribution in [3.63, 3.8) is 0 Å². The van der Waals surface area contributed by atoms with Gasteiger partial charge in [0.05, 0.1) is 18.5 Å². The number of carbonyl (C=O) groups excluding carboxylic acids is 1. The highest BCUT2D eigenvalue weighted by molar-refractivity contribution is 5.77. The molecule has 0 atom stereocenters. The lowest BCUT2D eigenvalue weighted by Gasteiger charge is -2.07. The third-order valence-corrected chi connectivity index (χ3v) is 2.86. The largest absolute Gasteiger partial charge is 0.484 e. The van der Waals surface area contributed by atoms with E-state index in [0.29, 0.717) is 18.1 Å². The predicted octanol–water partition coefficient (Wildman–Crippen LogP) is 0.950. The third-order valence-electron chi connectivity index (χ3n) is 2.86. The summed E-state index contributed by atoms with van der Waals surface area (Å²) in [7, 11) is 0. The zero-order valence-electron chi connectivity index (χ0n) is 11.5. The number of tetrazole rings is 1. The lowest BCUT2D eigenvalue weighted by Crippen LogP contribution is -2.28. The van der Waals surface area contributed by atoms with Crippen molar-refractivity contribution in [2.75, 3.05) is 6.61 Å². The van der Waals surface area contributed by atoms with Gasteiger partial charge >= 0.3 is 0 Å². The summed E-state index contributed by atoms with van der Waals surface area (Å²) in [5, 5.41) is 13.6. The number of nitrogens with zero attached hydrogens (tertiary/aromatic N) is 4. The Kier molecular flexibility index (Phi) is 4.10. The molecule has 8 heteroatoms. The van der Waals surface area contributed by atoms with E-state index in [1.165, 1.54) is 11.0 Å². The van der Waals surface area contributed by atoms with Gasteiger partial charge in [0.2, 0.25) is 0 Å². The number of aromatic nitrogens is 4. The number of carbonyl (C=O) groups is 1. The van der Waals surface area contributed by atoms with Gasteiger partial charge in [0.15, 0.2) is 6.61 Å². The van der Waals surface area contributed by atoms with Gasteiger partial charge in [0, 0.05) is 0 Å². The molecule has 3 rings (SSSR count). The number of hydrogen-bond acceptors (Lipinski definition) is 6. The number of amides is 1. The number of furan rings is 1. The van der Waals surface area contributed by atoms with Crippen molar-refractivity contribution in [2.45, 2.75) is 6.54 Å². The second kappa shape index (κ2) is 6.53. The molecule has 2 aromatic heterocycles. The van der Waals surface area contributed by atoms with Crippen molar-refractivity contribution in [2.24, 2.45) is 0 Å². The molecule has 0 spiro atoms. The average molecular weight is 299 g/mol. The summed E-state index contributed by atoms with van der Waals surface area (Å²) in [6, 6.07) is 10.6. The fourth-order valence-electron chi connectivity index (χ4n) is 1.77. The van der Waals surface area contributed by atoms with Gasteiger partial charge in [0.25, 0.3) is 5.91 Å². The first kappa shape index (κ1) is 13.8. The summed E-state index contributed by atoms with van der Waals surface area (Å²) >= 11 is 0. The molecule has 1 aromatic carbocycles. The van der Waals surface area contributed by atoms with Crippen molar-refractivity contribution in [1.82, 2.24) is 25.5 Å². The minimum atomic E-state index is -0.221. The van der Waals surface area contributed by atoms with Crippen LogP contribution in [0.15, 0.2) is 53.4 Å². The number of nitrogens with one attached hydrogen (secondary N) is 1. The van der Waals surface area contributed by atoms with Crippen molar-refractivity contribution >= 4 is 5.91 Å². The van der Waals surface area contributed by atoms with E-state index in [4.69, 9.17) is 9.15 Å². The second-order valence-corrected chi connectivity index (χ2v) is 4.39. The Morgan fingerprint density at radius 1 is 1.27 bits per heavy atom. The van der Waals surface area contributed by atoms with Crippen LogP contribution in [0.3, 0.4) is 0 Å². The Bertz CT molecular complexity index is 708. The molecule has 0 saturated heterocycles. The van der Waals surface area contributed by atoms with E-state index in [0.717, 1.165) is 5.69 Å². The first-order valence-electron chi connectivity index (χ1n) is 6.56. The molecule has 1 N–H and O–H groups in total. The highest BCUT2D eigenvalue weighted by atomic mass is 16.5. The van der Waals surface area contributed by atoms with Crippen LogP contribution in [0.2, 0.25) is 0 Å². The summed E-state index contributed by atoms with van der Waals surface area (Å²) in [6.07, 6.45) is 3.06. The maximum absolute atomic E-state index is 11.7. The summed E-state index contributed by atoms with van der Waals surface area (Å²) in [6.45, 7) is 0.276. The van der Waals surface area contributed by atoms with Crippen molar-refractivity contribution in [3.05, 3.63) is 54.7 Å². The monoisotopic (exact) mass is 299 g/mol. The van der Waals surface area contributed by atoms with Gasteiger partial charge in [0.1, 0.15) is 17.8 Å². The predicted molar refractivity (Wildman–Crippen MR) is 75.2 cm³/mol. The Morgan fingerprint density at radius 2 is 2.14 bits per heavy atom. The van der Waals surface area contributed by atoms with Gasteiger partial charge in [-0.3, -0.25) is 4.79 Å². The lowest BCUT2D eigenvalue weighted by molar-refractivity contribution is -0.123. The first-order chi connectivity index (χ1) is 10.8. The van der Waals surface area contributed by atoms with E-state index < -0.39 is 0 Å². The smallest absolute Gasteiger partial charge is 0.258 e. The minimum absolute atomic E-state index is 0.0645. The Balaban J connectivity index is 1.48. The van der Waals surface area contributed by atoms with Crippen LogP contribution < -0.4 is 10.1 Å². The van der Waals surface area contributed by atoms with Gasteiger partial charge in [-0.1, -0.05) is 0 Å². The topological polar surface area (TPSA) is 95.1 Å². The molecular weight excluding hydrogens is 286 g/mol. The van der Waals surface area contributed by atoms with Crippen LogP contribution in [0.5, 0.6) is 5.75 Å². The van der Waals surface area contributed by atoms with E-state index in [2.05, 4.69) is 20.8 Å². The van der Waals surface area contributed by atoms with Gasteiger partial charge < -0.3 is 14.5 Å². The Hall–Kier alpha value is -3.16. The summed E-state index contributed by atoms with van der Waals surface area (Å²) in [5.41, 5.74) is 0.805. The van der Waals surface area contributed by atoms with E-state index in [-0.39, 0.29) is 12.5 Å². The molecule has 0 radical (unpaired) electrons. The van der Waals surface area contributed by atoms with Crippen molar-refractivity contribution < 1.29 is 13.9 Å². The SMILES string of the molecule is O=C(COc1ccc(-n2cnnn2)cc1)NCc1ccco1. The number of hydrogen-bond donors (Lipinski definition) is 1. The van der Waals surface area contributed by atoms with Gasteiger partial charge in [-0.15, -0.1) is 5.10 Å². The molecular formula is C14H13N5O3. The van der Waals surface area contributed by atoms with Crippen LogP contribution in [0.1, 0.15) is 5.76 Å². The van der Waals surface area contributed by atoms with E-state index in [1.54, 1.807) is 42.7 Å². The fraction of sp³-hybridized carbons (Fsp3) is 0.143. The molecule has 2 heterocycles. The number of rotatable bonds is 6. The number of ether oxygens (including phenoxy) is 1. The molecule has 0 aliphatic carbocycles. The van der Waals surface area contributed by atoms with Crippen LogP contribution >= 0.6 is 0 Å². The first-order valence-corrected chi connectivity index (χ1v) is 6.56. The molecule has 0 fully saturated rings. The quantitative estimate of drug-likeness (QED) is 0.728. The van der Waals surface area contributed by atoms with E-state index in [9.17, 15) is 4.79 Å². The molecule has 0 aliphatic heterocycles. The van der Waals surface area contributed by atoms with Crippen molar-refractivity contribution in [3.8, 4) is 11.4 Å². The van der Waals surface area contributed by atoms with Crippen LogP contribution in [0.4, 0.5) is 0 Å². The highest BCUT2D eigenvalue weighted by Gasteiger charge is 2.04. The maximum Gasteiger partial charge on any atom is 0.258 e. The van der Waals surface area contributed by atoms with E-state index in [1.807, 2.05) is 0 Å². The fourth-order valence-corrected chi connectivity index (χ4v) is 1.77. The summed E-state index contributed by atoms with van der Waals surface area (Å²) < 4.78 is 12.1. The van der Waals surface area contributed by atoms with Crippen LogP contribution in [0.25, 0.3) is 5.69 Å². The molecule has 0 aliphatic rings. The molecule has 0 saturated carbocycles. The molecule has 8 nitrogen and oxygen atoms in total. The maximum atomic E-state index is 11.7. The highest BCUT2D eigenvalue weighted by Crippen LogP contribution is 2.14. The zero-order valence-corrected chi connectivity index (χ0v) is 11.5. The van der Waals surface area contributed by atoms with Crippen LogP contribution in [-0.2, 0) is 11.3 Å². The lowest BCUT2D eigenvalue weighted by atomic mass is 10.3. The molecule has 0 unspecified atom stereocenters. The normalized spacial score (nSPS) is 10.4. The molecule has 3 aromatic rings. The van der Waals surface area contributed by atoms with Crippen LogP contribution in [-0.4, -0.2) is 32.7 Å². The summed E-state index contributed by atoms with van der Waals surface area (Å²) in [4.78, 5) is 11.7. The summed E-state index contributed by atoms with van der Waals surface area (Å²) in [5.74, 6) is 1.06. The van der Waals surface area contributed by atoms with Gasteiger partial charge in [-0.2, -0.15) is 0 Å². The zero-order chi connectivity index (χ0) is 15.2. The second-order valence-electron chi connectivity index (χ2n) is 4.39. The number of benzene rings is 1. The van der Waals surface area contributed by atoms with Gasteiger partial charge in [-0.05, 0) is 46.8 Å².